The van der Waals surface area contributed by atoms with E-state index in [1.165, 1.54) is 0 Å². The van der Waals surface area contributed by atoms with Gasteiger partial charge in [-0.1, -0.05) is 13.8 Å². The van der Waals surface area contributed by atoms with Gasteiger partial charge in [-0.2, -0.15) is 0 Å². The Balaban J connectivity index is 2.52. The molecule has 116 valence electrons. The zero-order valence-corrected chi connectivity index (χ0v) is 12.8. The Kier molecular flexibility index (Phi) is 6.42. The van der Waals surface area contributed by atoms with Crippen LogP contribution < -0.4 is 0 Å². The fourth-order valence-electron chi connectivity index (χ4n) is 2.44. The van der Waals surface area contributed by atoms with E-state index in [1.807, 2.05) is 30.6 Å². The lowest BCUT2D eigenvalue weighted by atomic mass is 10.1. The molecule has 1 rings (SSSR count). The number of nitrogens with zero attached hydrogens (tertiary/aromatic N) is 2. The quantitative estimate of drug-likeness (QED) is 0.777. The summed E-state index contributed by atoms with van der Waals surface area (Å²) >= 11 is 0. The molecule has 0 aromatic rings. The first-order valence-electron chi connectivity index (χ1n) is 7.21. The van der Waals surface area contributed by atoms with Crippen LogP contribution in [0, 0.1) is 5.92 Å². The smallest absolute Gasteiger partial charge is 0.307 e. The van der Waals surface area contributed by atoms with Crippen LogP contribution in [0.2, 0.25) is 0 Å². The van der Waals surface area contributed by atoms with E-state index in [0.717, 1.165) is 0 Å². The number of amides is 1. The molecular formula is C14H26N2O4. The van der Waals surface area contributed by atoms with Crippen LogP contribution in [-0.2, 0) is 14.3 Å². The van der Waals surface area contributed by atoms with Crippen molar-refractivity contribution in [2.24, 2.45) is 5.92 Å². The monoisotopic (exact) mass is 286 g/mol. The zero-order chi connectivity index (χ0) is 15.3. The number of carbonyl (C=O) groups excluding carboxylic acids is 1. The largest absolute Gasteiger partial charge is 0.481 e. The maximum Gasteiger partial charge on any atom is 0.307 e. The molecule has 1 fully saturated rings. The molecular weight excluding hydrogens is 260 g/mol. The number of carbonyl (C=O) groups is 2. The van der Waals surface area contributed by atoms with Gasteiger partial charge in [0.25, 0.3) is 0 Å². The molecule has 0 saturated carbocycles. The third kappa shape index (κ3) is 5.09. The number of hydrogen-bond acceptors (Lipinski definition) is 4. The van der Waals surface area contributed by atoms with E-state index in [9.17, 15) is 9.59 Å². The van der Waals surface area contributed by atoms with E-state index >= 15 is 0 Å². The summed E-state index contributed by atoms with van der Waals surface area (Å²) < 4.78 is 5.61. The topological polar surface area (TPSA) is 70.1 Å². The van der Waals surface area contributed by atoms with Crippen LogP contribution in [0.5, 0.6) is 0 Å². The van der Waals surface area contributed by atoms with E-state index in [2.05, 4.69) is 0 Å². The molecule has 1 amide bonds. The van der Waals surface area contributed by atoms with E-state index in [4.69, 9.17) is 9.84 Å². The van der Waals surface area contributed by atoms with Crippen molar-refractivity contribution in [2.45, 2.75) is 39.9 Å². The number of hydrogen-bond donors (Lipinski definition) is 1. The summed E-state index contributed by atoms with van der Waals surface area (Å²) in [5.74, 6) is -1.25. The molecule has 0 bridgehead atoms. The fraction of sp³-hybridized carbons (Fsp3) is 0.857. The molecule has 1 aliphatic heterocycles. The maximum atomic E-state index is 12.3. The average Bonchev–Trinajstić information content (AvgIpc) is 2.36. The molecule has 6 heteroatoms. The number of likely N-dealkylation sites (N-methyl/N-ethyl adjacent to an activating group) is 1. The lowest BCUT2D eigenvalue weighted by Gasteiger charge is -2.36. The van der Waals surface area contributed by atoms with Gasteiger partial charge in [-0.05, 0) is 20.4 Å². The summed E-state index contributed by atoms with van der Waals surface area (Å²) in [7, 11) is 0. The molecule has 0 spiro atoms. The van der Waals surface area contributed by atoms with Gasteiger partial charge >= 0.3 is 5.97 Å². The minimum atomic E-state index is -0.829. The van der Waals surface area contributed by atoms with Crippen molar-refractivity contribution in [2.75, 3.05) is 32.7 Å². The molecule has 6 nitrogen and oxygen atoms in total. The van der Waals surface area contributed by atoms with E-state index in [1.54, 1.807) is 6.92 Å². The van der Waals surface area contributed by atoms with Crippen molar-refractivity contribution in [3.63, 3.8) is 0 Å². The van der Waals surface area contributed by atoms with Gasteiger partial charge in [0.05, 0.1) is 24.7 Å². The summed E-state index contributed by atoms with van der Waals surface area (Å²) in [6, 6.07) is 0. The average molecular weight is 286 g/mol. The lowest BCUT2D eigenvalue weighted by Crippen LogP contribution is -2.51. The molecule has 0 aromatic carbocycles. The van der Waals surface area contributed by atoms with Crippen LogP contribution in [0.3, 0.4) is 0 Å². The van der Waals surface area contributed by atoms with Crippen molar-refractivity contribution in [1.82, 2.24) is 9.80 Å². The van der Waals surface area contributed by atoms with Gasteiger partial charge in [-0.3, -0.25) is 14.5 Å². The van der Waals surface area contributed by atoms with Crippen molar-refractivity contribution in [3.8, 4) is 0 Å². The maximum absolute atomic E-state index is 12.3. The van der Waals surface area contributed by atoms with Gasteiger partial charge < -0.3 is 14.7 Å². The van der Waals surface area contributed by atoms with Crippen LogP contribution in [0.25, 0.3) is 0 Å². The summed E-state index contributed by atoms with van der Waals surface area (Å²) in [4.78, 5) is 26.9. The molecule has 0 aliphatic carbocycles. The summed E-state index contributed by atoms with van der Waals surface area (Å²) in [6.45, 7) is 10.1. The van der Waals surface area contributed by atoms with Crippen LogP contribution in [0.15, 0.2) is 0 Å². The SMILES string of the molecule is CCN(CC(=O)N1CC(C)OC(C)C1)CC(C)C(=O)O. The molecule has 3 unspecified atom stereocenters. The van der Waals surface area contributed by atoms with Gasteiger partial charge in [-0.25, -0.2) is 0 Å². The van der Waals surface area contributed by atoms with Crippen molar-refractivity contribution < 1.29 is 19.4 Å². The standard InChI is InChI=1S/C14H26N2O4/c1-5-15(6-10(2)14(18)19)9-13(17)16-7-11(3)20-12(4)8-16/h10-12H,5-9H2,1-4H3,(H,18,19). The number of aliphatic carboxylic acids is 1. The highest BCUT2D eigenvalue weighted by molar-refractivity contribution is 5.78. The Morgan fingerprint density at radius 1 is 1.35 bits per heavy atom. The Morgan fingerprint density at radius 3 is 2.35 bits per heavy atom. The van der Waals surface area contributed by atoms with Crippen molar-refractivity contribution in [3.05, 3.63) is 0 Å². The van der Waals surface area contributed by atoms with E-state index in [0.29, 0.717) is 26.2 Å². The number of morpholine rings is 1. The number of carboxylic acid groups (broad SMARTS) is 1. The Hall–Kier alpha value is -1.14. The third-order valence-electron chi connectivity index (χ3n) is 3.53. The van der Waals surface area contributed by atoms with E-state index < -0.39 is 11.9 Å². The van der Waals surface area contributed by atoms with E-state index in [-0.39, 0.29) is 24.7 Å². The van der Waals surface area contributed by atoms with Crippen molar-refractivity contribution >= 4 is 11.9 Å². The van der Waals surface area contributed by atoms with Crippen LogP contribution >= 0.6 is 0 Å². The Bertz CT molecular complexity index is 338. The fourth-order valence-corrected chi connectivity index (χ4v) is 2.44. The van der Waals surface area contributed by atoms with Crippen LogP contribution in [-0.4, -0.2) is 71.7 Å². The molecule has 1 aliphatic rings. The molecule has 0 radical (unpaired) electrons. The highest BCUT2D eigenvalue weighted by atomic mass is 16.5. The predicted molar refractivity (Wildman–Crippen MR) is 75.5 cm³/mol. The first-order valence-corrected chi connectivity index (χ1v) is 7.21. The molecule has 1 saturated heterocycles. The van der Waals surface area contributed by atoms with Gasteiger partial charge in [0.1, 0.15) is 0 Å². The molecule has 3 atom stereocenters. The minimum Gasteiger partial charge on any atom is -0.481 e. The zero-order valence-electron chi connectivity index (χ0n) is 12.8. The highest BCUT2D eigenvalue weighted by Gasteiger charge is 2.27. The second-order valence-corrected chi connectivity index (χ2v) is 5.62. The normalized spacial score (nSPS) is 24.8. The van der Waals surface area contributed by atoms with Gasteiger partial charge in [0, 0.05) is 19.6 Å². The Morgan fingerprint density at radius 2 is 1.90 bits per heavy atom. The molecule has 0 aromatic heterocycles. The summed E-state index contributed by atoms with van der Waals surface area (Å²) in [5.41, 5.74) is 0. The van der Waals surface area contributed by atoms with Crippen LogP contribution in [0.1, 0.15) is 27.7 Å². The van der Waals surface area contributed by atoms with Gasteiger partial charge in [0.2, 0.25) is 5.91 Å². The molecule has 1 N–H and O–H groups in total. The number of rotatable bonds is 6. The molecule has 1 heterocycles. The van der Waals surface area contributed by atoms with Gasteiger partial charge in [-0.15, -0.1) is 0 Å². The van der Waals surface area contributed by atoms with Crippen LogP contribution in [0.4, 0.5) is 0 Å². The highest BCUT2D eigenvalue weighted by Crippen LogP contribution is 2.11. The first-order chi connectivity index (χ1) is 9.33. The second kappa shape index (κ2) is 7.59. The van der Waals surface area contributed by atoms with Gasteiger partial charge in [0.15, 0.2) is 0 Å². The molecule has 20 heavy (non-hydrogen) atoms. The lowest BCUT2D eigenvalue weighted by molar-refractivity contribution is -0.146. The number of ether oxygens (including phenoxy) is 1. The number of carboxylic acids is 1. The predicted octanol–water partition coefficient (Wildman–Crippen LogP) is 0.665. The van der Waals surface area contributed by atoms with Crippen molar-refractivity contribution in [1.29, 1.82) is 0 Å². The summed E-state index contributed by atoms with van der Waals surface area (Å²) in [5, 5.41) is 8.94. The minimum absolute atomic E-state index is 0.0476. The Labute approximate surface area is 120 Å². The third-order valence-corrected chi connectivity index (χ3v) is 3.53. The first kappa shape index (κ1) is 16.9. The second-order valence-electron chi connectivity index (χ2n) is 5.62. The summed E-state index contributed by atoms with van der Waals surface area (Å²) in [6.07, 6.45) is 0.103.